The van der Waals surface area contributed by atoms with Gasteiger partial charge in [-0.15, -0.1) is 0 Å². The Hall–Kier alpha value is -0.670. The summed E-state index contributed by atoms with van der Waals surface area (Å²) in [5.41, 5.74) is 1.82. The van der Waals surface area contributed by atoms with Gasteiger partial charge in [0, 0.05) is 13.1 Å². The summed E-state index contributed by atoms with van der Waals surface area (Å²) < 4.78 is 5.17. The highest BCUT2D eigenvalue weighted by Gasteiger charge is 2.36. The van der Waals surface area contributed by atoms with Gasteiger partial charge in [-0.2, -0.15) is 12.6 Å². The molecule has 0 unspecified atom stereocenters. The van der Waals surface area contributed by atoms with E-state index in [0.717, 1.165) is 24.6 Å². The number of hydrogen-bond donors (Lipinski definition) is 1. The second-order valence-corrected chi connectivity index (χ2v) is 5.85. The predicted octanol–water partition coefficient (Wildman–Crippen LogP) is 3.23. The molecule has 2 nitrogen and oxygen atoms in total. The first-order chi connectivity index (χ1) is 8.67. The van der Waals surface area contributed by atoms with Gasteiger partial charge in [0.2, 0.25) is 0 Å². The third-order valence-electron chi connectivity index (χ3n) is 3.97. The summed E-state index contributed by atoms with van der Waals surface area (Å²) in [5, 5.41) is 0. The number of ether oxygens (including phenoxy) is 1. The third kappa shape index (κ3) is 3.21. The van der Waals surface area contributed by atoms with Crippen LogP contribution in [0.5, 0.6) is 5.75 Å². The zero-order chi connectivity index (χ0) is 13.0. The van der Waals surface area contributed by atoms with Crippen molar-refractivity contribution in [1.82, 2.24) is 4.90 Å². The Morgan fingerprint density at radius 1 is 1.28 bits per heavy atom. The number of nitrogens with zero attached hydrogens (tertiary/aromatic N) is 1. The van der Waals surface area contributed by atoms with Crippen LogP contribution < -0.4 is 4.74 Å². The molecule has 1 aliphatic rings. The van der Waals surface area contributed by atoms with Gasteiger partial charge < -0.3 is 9.64 Å². The van der Waals surface area contributed by atoms with Crippen molar-refractivity contribution in [2.45, 2.75) is 25.8 Å². The zero-order valence-corrected chi connectivity index (χ0v) is 12.2. The first-order valence-corrected chi connectivity index (χ1v) is 7.23. The van der Waals surface area contributed by atoms with Gasteiger partial charge in [-0.25, -0.2) is 0 Å². The van der Waals surface area contributed by atoms with Crippen molar-refractivity contribution in [2.24, 2.45) is 5.41 Å². The van der Waals surface area contributed by atoms with E-state index < -0.39 is 0 Å². The SMILES string of the molecule is COc1ccc(CN(C)CC2(CS)CCC2)cc1. The fourth-order valence-corrected chi connectivity index (χ4v) is 3.13. The van der Waals surface area contributed by atoms with Crippen molar-refractivity contribution >= 4 is 12.6 Å². The molecule has 0 atom stereocenters. The largest absolute Gasteiger partial charge is 0.497 e. The molecular weight excluding hydrogens is 242 g/mol. The quantitative estimate of drug-likeness (QED) is 0.793. The van der Waals surface area contributed by atoms with Crippen molar-refractivity contribution in [2.75, 3.05) is 26.5 Å². The maximum absolute atomic E-state index is 5.17. The Kier molecular flexibility index (Phi) is 4.57. The highest BCUT2D eigenvalue weighted by Crippen LogP contribution is 2.42. The molecule has 1 aromatic rings. The van der Waals surface area contributed by atoms with Crippen molar-refractivity contribution in [3.8, 4) is 5.75 Å². The van der Waals surface area contributed by atoms with Crippen LogP contribution in [0.2, 0.25) is 0 Å². The van der Waals surface area contributed by atoms with Gasteiger partial charge in [-0.05, 0) is 48.8 Å². The number of rotatable bonds is 6. The number of benzene rings is 1. The van der Waals surface area contributed by atoms with E-state index in [-0.39, 0.29) is 0 Å². The van der Waals surface area contributed by atoms with Gasteiger partial charge >= 0.3 is 0 Å². The van der Waals surface area contributed by atoms with Crippen LogP contribution >= 0.6 is 12.6 Å². The minimum atomic E-state index is 0.477. The van der Waals surface area contributed by atoms with Crippen LogP contribution in [-0.2, 0) is 6.54 Å². The third-order valence-corrected chi connectivity index (χ3v) is 4.64. The molecule has 2 rings (SSSR count). The summed E-state index contributed by atoms with van der Waals surface area (Å²) in [6.45, 7) is 2.15. The Morgan fingerprint density at radius 2 is 1.94 bits per heavy atom. The lowest BCUT2D eigenvalue weighted by atomic mass is 9.70. The van der Waals surface area contributed by atoms with E-state index in [1.165, 1.54) is 24.8 Å². The molecule has 1 fully saturated rings. The molecule has 0 radical (unpaired) electrons. The van der Waals surface area contributed by atoms with Crippen molar-refractivity contribution in [3.63, 3.8) is 0 Å². The van der Waals surface area contributed by atoms with Crippen molar-refractivity contribution in [3.05, 3.63) is 29.8 Å². The summed E-state index contributed by atoms with van der Waals surface area (Å²) >= 11 is 4.52. The summed E-state index contributed by atoms with van der Waals surface area (Å²) in [7, 11) is 3.90. The number of hydrogen-bond acceptors (Lipinski definition) is 3. The molecule has 0 aliphatic heterocycles. The molecule has 0 amide bonds. The summed E-state index contributed by atoms with van der Waals surface area (Å²) in [6.07, 6.45) is 4.05. The van der Waals surface area contributed by atoms with Crippen LogP contribution in [0, 0.1) is 5.41 Å². The van der Waals surface area contributed by atoms with E-state index in [1.807, 2.05) is 12.1 Å². The smallest absolute Gasteiger partial charge is 0.118 e. The summed E-state index contributed by atoms with van der Waals surface area (Å²) in [6, 6.07) is 8.34. The Bertz CT molecular complexity index is 367. The molecule has 0 spiro atoms. The van der Waals surface area contributed by atoms with Gasteiger partial charge in [0.15, 0.2) is 0 Å². The van der Waals surface area contributed by atoms with Crippen LogP contribution in [0.25, 0.3) is 0 Å². The molecule has 1 aromatic carbocycles. The van der Waals surface area contributed by atoms with Gasteiger partial charge in [-0.3, -0.25) is 0 Å². The summed E-state index contributed by atoms with van der Waals surface area (Å²) in [4.78, 5) is 2.41. The van der Waals surface area contributed by atoms with Gasteiger partial charge in [-0.1, -0.05) is 18.6 Å². The van der Waals surface area contributed by atoms with Crippen LogP contribution in [0.15, 0.2) is 24.3 Å². The molecule has 3 heteroatoms. The maximum atomic E-state index is 5.17. The van der Waals surface area contributed by atoms with Crippen molar-refractivity contribution < 1.29 is 4.74 Å². The van der Waals surface area contributed by atoms with Crippen LogP contribution in [0.3, 0.4) is 0 Å². The fourth-order valence-electron chi connectivity index (χ4n) is 2.71. The lowest BCUT2D eigenvalue weighted by molar-refractivity contribution is 0.102. The van der Waals surface area contributed by atoms with Crippen LogP contribution in [0.1, 0.15) is 24.8 Å². The van der Waals surface area contributed by atoms with E-state index in [1.54, 1.807) is 7.11 Å². The Morgan fingerprint density at radius 3 is 2.39 bits per heavy atom. The average Bonchev–Trinajstić information content (AvgIpc) is 2.35. The first-order valence-electron chi connectivity index (χ1n) is 6.60. The van der Waals surface area contributed by atoms with E-state index in [4.69, 9.17) is 4.74 Å². The predicted molar refractivity (Wildman–Crippen MR) is 79.5 cm³/mol. The monoisotopic (exact) mass is 265 g/mol. The summed E-state index contributed by atoms with van der Waals surface area (Å²) in [5.74, 6) is 1.94. The fraction of sp³-hybridized carbons (Fsp3) is 0.600. The molecular formula is C15H23NOS. The lowest BCUT2D eigenvalue weighted by Gasteiger charge is -2.43. The number of thiol groups is 1. The standard InChI is InChI=1S/C15H23NOS/c1-16(11-15(12-18)8-3-9-15)10-13-4-6-14(17-2)7-5-13/h4-7,18H,3,8-12H2,1-2H3. The van der Waals surface area contributed by atoms with Crippen LogP contribution in [0.4, 0.5) is 0 Å². The van der Waals surface area contributed by atoms with Gasteiger partial charge in [0.25, 0.3) is 0 Å². The molecule has 0 N–H and O–H groups in total. The second kappa shape index (κ2) is 5.98. The minimum absolute atomic E-state index is 0.477. The molecule has 0 heterocycles. The molecule has 100 valence electrons. The average molecular weight is 265 g/mol. The second-order valence-electron chi connectivity index (χ2n) is 5.53. The maximum Gasteiger partial charge on any atom is 0.118 e. The Balaban J connectivity index is 1.88. The molecule has 18 heavy (non-hydrogen) atoms. The van der Waals surface area contributed by atoms with E-state index in [2.05, 4.69) is 36.7 Å². The Labute approximate surface area is 116 Å². The lowest BCUT2D eigenvalue weighted by Crippen LogP contribution is -2.42. The van der Waals surface area contributed by atoms with E-state index in [0.29, 0.717) is 5.41 Å². The topological polar surface area (TPSA) is 12.5 Å². The van der Waals surface area contributed by atoms with Crippen LogP contribution in [-0.4, -0.2) is 31.4 Å². The van der Waals surface area contributed by atoms with Gasteiger partial charge in [0.1, 0.15) is 5.75 Å². The minimum Gasteiger partial charge on any atom is -0.497 e. The van der Waals surface area contributed by atoms with Gasteiger partial charge in [0.05, 0.1) is 7.11 Å². The highest BCUT2D eigenvalue weighted by molar-refractivity contribution is 7.80. The molecule has 0 bridgehead atoms. The van der Waals surface area contributed by atoms with E-state index >= 15 is 0 Å². The first kappa shape index (κ1) is 13.8. The number of methoxy groups -OCH3 is 1. The van der Waals surface area contributed by atoms with E-state index in [9.17, 15) is 0 Å². The zero-order valence-electron chi connectivity index (χ0n) is 11.4. The highest BCUT2D eigenvalue weighted by atomic mass is 32.1. The molecule has 0 aromatic heterocycles. The molecule has 1 aliphatic carbocycles. The molecule has 1 saturated carbocycles. The molecule has 0 saturated heterocycles. The van der Waals surface area contributed by atoms with Crippen molar-refractivity contribution in [1.29, 1.82) is 0 Å². The normalized spacial score (nSPS) is 17.6.